The van der Waals surface area contributed by atoms with Crippen molar-refractivity contribution in [3.8, 4) is 22.7 Å². The summed E-state index contributed by atoms with van der Waals surface area (Å²) >= 11 is 0. The SMILES string of the molecule is Fc1cc(-c2nnc(C(F)F)o2)ccc1Cn1cc(-c2ccc(CN3CCC(F)(F)CC3)nc2)nn1. The molecule has 8 nitrogen and oxygen atoms in total. The number of hydrogen-bond donors (Lipinski definition) is 0. The van der Waals surface area contributed by atoms with E-state index >= 15 is 0 Å². The van der Waals surface area contributed by atoms with Crippen LogP contribution < -0.4 is 0 Å². The van der Waals surface area contributed by atoms with E-state index in [0.717, 1.165) is 11.8 Å². The number of nitrogens with zero attached hydrogens (tertiary/aromatic N) is 7. The highest BCUT2D eigenvalue weighted by Gasteiger charge is 2.33. The van der Waals surface area contributed by atoms with Gasteiger partial charge in [-0.25, -0.2) is 17.9 Å². The van der Waals surface area contributed by atoms with Crippen LogP contribution in [0.1, 0.15) is 36.4 Å². The van der Waals surface area contributed by atoms with E-state index in [4.69, 9.17) is 4.42 Å². The first kappa shape index (κ1) is 24.0. The minimum absolute atomic E-state index is 0.0797. The van der Waals surface area contributed by atoms with E-state index in [1.165, 1.54) is 16.8 Å². The van der Waals surface area contributed by atoms with E-state index in [-0.39, 0.29) is 30.8 Å². The maximum atomic E-state index is 14.6. The number of hydrogen-bond acceptors (Lipinski definition) is 7. The molecule has 0 amide bonds. The second-order valence-corrected chi connectivity index (χ2v) is 8.52. The Morgan fingerprint density at radius 3 is 2.42 bits per heavy atom. The van der Waals surface area contributed by atoms with Gasteiger partial charge in [0, 0.05) is 55.4 Å². The molecule has 1 aromatic carbocycles. The summed E-state index contributed by atoms with van der Waals surface area (Å²) in [7, 11) is 0. The monoisotopic (exact) mass is 505 g/mol. The molecule has 0 N–H and O–H groups in total. The lowest BCUT2D eigenvalue weighted by molar-refractivity contribution is -0.0568. The predicted molar refractivity (Wildman–Crippen MR) is 116 cm³/mol. The smallest absolute Gasteiger partial charge is 0.314 e. The minimum Gasteiger partial charge on any atom is -0.415 e. The minimum atomic E-state index is -2.91. The average molecular weight is 505 g/mol. The molecule has 0 bridgehead atoms. The van der Waals surface area contributed by atoms with Gasteiger partial charge in [0.1, 0.15) is 11.5 Å². The lowest BCUT2D eigenvalue weighted by Gasteiger charge is -2.31. The van der Waals surface area contributed by atoms with Gasteiger partial charge in [-0.3, -0.25) is 9.88 Å². The highest BCUT2D eigenvalue weighted by Crippen LogP contribution is 2.28. The lowest BCUT2D eigenvalue weighted by Crippen LogP contribution is -2.38. The zero-order chi connectivity index (χ0) is 25.3. The molecule has 4 aromatic rings. The van der Waals surface area contributed by atoms with Crippen molar-refractivity contribution < 1.29 is 26.4 Å². The number of likely N-dealkylation sites (tertiary alicyclic amines) is 1. The molecule has 188 valence electrons. The second kappa shape index (κ2) is 9.72. The van der Waals surface area contributed by atoms with Crippen molar-refractivity contribution in [2.75, 3.05) is 13.1 Å². The number of halogens is 5. The highest BCUT2D eigenvalue weighted by molar-refractivity contribution is 5.56. The summed E-state index contributed by atoms with van der Waals surface area (Å²) in [5, 5.41) is 14.9. The molecule has 5 rings (SSSR count). The maximum Gasteiger partial charge on any atom is 0.314 e. The molecular formula is C23H20F5N7O. The summed E-state index contributed by atoms with van der Waals surface area (Å²) in [6.07, 6.45) is 0.0791. The molecule has 1 aliphatic heterocycles. The number of benzene rings is 1. The normalized spacial score (nSPS) is 16.1. The Kier molecular flexibility index (Phi) is 6.48. The van der Waals surface area contributed by atoms with Crippen LogP contribution in [-0.2, 0) is 13.1 Å². The molecule has 1 fully saturated rings. The number of alkyl halides is 4. The van der Waals surface area contributed by atoms with Gasteiger partial charge < -0.3 is 4.42 Å². The Hall–Kier alpha value is -3.74. The summed E-state index contributed by atoms with van der Waals surface area (Å²) < 4.78 is 72.9. The molecule has 1 saturated heterocycles. The van der Waals surface area contributed by atoms with Crippen LogP contribution in [0, 0.1) is 5.82 Å². The van der Waals surface area contributed by atoms with Crippen LogP contribution in [0.25, 0.3) is 22.7 Å². The molecule has 4 heterocycles. The van der Waals surface area contributed by atoms with Crippen LogP contribution in [0.2, 0.25) is 0 Å². The molecule has 0 atom stereocenters. The fraction of sp³-hybridized carbons (Fsp3) is 0.348. The second-order valence-electron chi connectivity index (χ2n) is 8.52. The Balaban J connectivity index is 1.22. The Morgan fingerprint density at radius 2 is 1.75 bits per heavy atom. The summed E-state index contributed by atoms with van der Waals surface area (Å²) in [6, 6.07) is 7.73. The third kappa shape index (κ3) is 5.40. The topological polar surface area (TPSA) is 85.8 Å². The van der Waals surface area contributed by atoms with Gasteiger partial charge in [0.25, 0.3) is 11.8 Å². The largest absolute Gasteiger partial charge is 0.415 e. The fourth-order valence-electron chi connectivity index (χ4n) is 3.87. The van der Waals surface area contributed by atoms with E-state index in [1.807, 2.05) is 17.0 Å². The molecule has 0 saturated carbocycles. The maximum absolute atomic E-state index is 14.6. The zero-order valence-electron chi connectivity index (χ0n) is 18.8. The number of rotatable bonds is 7. The quantitative estimate of drug-likeness (QED) is 0.335. The van der Waals surface area contributed by atoms with Crippen molar-refractivity contribution >= 4 is 0 Å². The molecule has 3 aromatic heterocycles. The molecule has 0 aliphatic carbocycles. The van der Waals surface area contributed by atoms with Crippen LogP contribution in [0.15, 0.2) is 47.1 Å². The van der Waals surface area contributed by atoms with Crippen LogP contribution >= 0.6 is 0 Å². The molecular weight excluding hydrogens is 485 g/mol. The first-order valence-corrected chi connectivity index (χ1v) is 11.1. The standard InChI is InChI=1S/C23H20F5N7O/c24-18-9-14(21-31-32-22(36-21)20(25)26)1-2-16(18)11-35-13-19(30-33-35)15-3-4-17(29-10-15)12-34-7-5-23(27,28)6-8-34/h1-4,9-10,13,20H,5-8,11-12H2. The third-order valence-electron chi connectivity index (χ3n) is 5.89. The van der Waals surface area contributed by atoms with Crippen molar-refractivity contribution in [2.24, 2.45) is 0 Å². The molecule has 1 aliphatic rings. The first-order chi connectivity index (χ1) is 17.3. The van der Waals surface area contributed by atoms with E-state index in [9.17, 15) is 22.0 Å². The van der Waals surface area contributed by atoms with Gasteiger partial charge in [-0.2, -0.15) is 8.78 Å². The number of pyridine rings is 1. The van der Waals surface area contributed by atoms with Gasteiger partial charge in [-0.1, -0.05) is 11.3 Å². The number of piperidine rings is 1. The van der Waals surface area contributed by atoms with Crippen LogP contribution in [0.5, 0.6) is 0 Å². The lowest BCUT2D eigenvalue weighted by atomic mass is 10.1. The van der Waals surface area contributed by atoms with Crippen molar-refractivity contribution in [3.63, 3.8) is 0 Å². The molecule has 0 spiro atoms. The van der Waals surface area contributed by atoms with E-state index in [0.29, 0.717) is 36.5 Å². The van der Waals surface area contributed by atoms with Crippen molar-refractivity contribution in [2.45, 2.75) is 38.3 Å². The summed E-state index contributed by atoms with van der Waals surface area (Å²) in [5.41, 5.74) is 2.48. The predicted octanol–water partition coefficient (Wildman–Crippen LogP) is 4.75. The van der Waals surface area contributed by atoms with Crippen molar-refractivity contribution in [1.29, 1.82) is 0 Å². The van der Waals surface area contributed by atoms with Gasteiger partial charge in [0.05, 0.1) is 18.4 Å². The van der Waals surface area contributed by atoms with Crippen molar-refractivity contribution in [1.82, 2.24) is 35.1 Å². The van der Waals surface area contributed by atoms with E-state index in [2.05, 4.69) is 25.5 Å². The van der Waals surface area contributed by atoms with Gasteiger partial charge >= 0.3 is 6.43 Å². The first-order valence-electron chi connectivity index (χ1n) is 11.1. The zero-order valence-corrected chi connectivity index (χ0v) is 18.8. The highest BCUT2D eigenvalue weighted by atomic mass is 19.3. The van der Waals surface area contributed by atoms with Crippen LogP contribution in [0.3, 0.4) is 0 Å². The third-order valence-corrected chi connectivity index (χ3v) is 5.89. The Bertz CT molecular complexity index is 1330. The fourth-order valence-corrected chi connectivity index (χ4v) is 3.87. The van der Waals surface area contributed by atoms with Crippen LogP contribution in [-0.4, -0.2) is 54.1 Å². The molecule has 0 unspecified atom stereocenters. The van der Waals surface area contributed by atoms with Gasteiger partial charge in [0.2, 0.25) is 5.89 Å². The molecule has 36 heavy (non-hydrogen) atoms. The summed E-state index contributed by atoms with van der Waals surface area (Å²) in [6.45, 7) is 1.23. The molecule has 0 radical (unpaired) electrons. The Morgan fingerprint density at radius 1 is 0.972 bits per heavy atom. The average Bonchev–Trinajstić information content (AvgIpc) is 3.53. The van der Waals surface area contributed by atoms with E-state index < -0.39 is 24.1 Å². The summed E-state index contributed by atoms with van der Waals surface area (Å²) in [4.78, 5) is 6.36. The van der Waals surface area contributed by atoms with Gasteiger partial charge in [-0.05, 0) is 24.3 Å². The molecule has 13 heteroatoms. The Labute approximate surface area is 201 Å². The van der Waals surface area contributed by atoms with Gasteiger partial charge in [0.15, 0.2) is 0 Å². The van der Waals surface area contributed by atoms with Gasteiger partial charge in [-0.15, -0.1) is 15.3 Å². The van der Waals surface area contributed by atoms with E-state index in [1.54, 1.807) is 12.4 Å². The summed E-state index contributed by atoms with van der Waals surface area (Å²) in [5.74, 6) is -4.21. The van der Waals surface area contributed by atoms with Crippen molar-refractivity contribution in [3.05, 3.63) is 65.7 Å². The number of aromatic nitrogens is 6. The van der Waals surface area contributed by atoms with Crippen LogP contribution in [0.4, 0.5) is 22.0 Å².